The molecule has 0 aliphatic rings. The fourth-order valence-electron chi connectivity index (χ4n) is 1.65. The summed E-state index contributed by atoms with van der Waals surface area (Å²) in [5, 5.41) is 0.742. The van der Waals surface area contributed by atoms with E-state index in [0.717, 1.165) is 29.3 Å². The third-order valence-corrected chi connectivity index (χ3v) is 2.76. The standard InChI is InChI=1S/C12H19ClN2O/c1-3-16-12-5-4-10(13)8-11(12)9(2)6-7-15-14/h4-5,8-9,15H,3,6-7,14H2,1-2H3/t9-/m0/s1. The van der Waals surface area contributed by atoms with Gasteiger partial charge in [-0.05, 0) is 43.0 Å². The molecule has 90 valence electrons. The molecule has 0 unspecified atom stereocenters. The molecule has 4 heteroatoms. The zero-order valence-electron chi connectivity index (χ0n) is 9.79. The van der Waals surface area contributed by atoms with Crippen molar-refractivity contribution in [1.82, 2.24) is 5.43 Å². The molecule has 1 atom stereocenters. The minimum atomic E-state index is 0.372. The van der Waals surface area contributed by atoms with Crippen LogP contribution in [0, 0.1) is 0 Å². The number of hydrazine groups is 1. The highest BCUT2D eigenvalue weighted by molar-refractivity contribution is 6.30. The summed E-state index contributed by atoms with van der Waals surface area (Å²) >= 11 is 6.00. The van der Waals surface area contributed by atoms with Crippen molar-refractivity contribution in [1.29, 1.82) is 0 Å². The molecule has 0 amide bonds. The molecule has 0 bridgehead atoms. The van der Waals surface area contributed by atoms with Crippen LogP contribution in [0.25, 0.3) is 0 Å². The van der Waals surface area contributed by atoms with Gasteiger partial charge in [-0.15, -0.1) is 0 Å². The van der Waals surface area contributed by atoms with Crippen LogP contribution in [0.3, 0.4) is 0 Å². The normalized spacial score (nSPS) is 12.5. The first kappa shape index (κ1) is 13.3. The maximum atomic E-state index is 6.00. The molecule has 3 N–H and O–H groups in total. The second-order valence-corrected chi connectivity index (χ2v) is 4.20. The highest BCUT2D eigenvalue weighted by Crippen LogP contribution is 2.31. The molecule has 0 saturated heterocycles. The summed E-state index contributed by atoms with van der Waals surface area (Å²) in [6.45, 7) is 5.56. The zero-order valence-corrected chi connectivity index (χ0v) is 10.6. The van der Waals surface area contributed by atoms with E-state index in [1.54, 1.807) is 0 Å². The van der Waals surface area contributed by atoms with E-state index in [1.165, 1.54) is 0 Å². The van der Waals surface area contributed by atoms with Crippen LogP contribution in [0.15, 0.2) is 18.2 Å². The number of rotatable bonds is 6. The van der Waals surface area contributed by atoms with Crippen LogP contribution in [0.1, 0.15) is 31.7 Å². The first-order valence-electron chi connectivity index (χ1n) is 5.54. The van der Waals surface area contributed by atoms with Crippen molar-refractivity contribution < 1.29 is 4.74 Å². The number of halogens is 1. The van der Waals surface area contributed by atoms with Gasteiger partial charge in [-0.25, -0.2) is 0 Å². The Morgan fingerprint density at radius 2 is 2.25 bits per heavy atom. The van der Waals surface area contributed by atoms with Gasteiger partial charge >= 0.3 is 0 Å². The number of nitrogens with one attached hydrogen (secondary N) is 1. The Bertz CT molecular complexity index is 331. The van der Waals surface area contributed by atoms with Crippen molar-refractivity contribution in [2.45, 2.75) is 26.2 Å². The van der Waals surface area contributed by atoms with Crippen molar-refractivity contribution >= 4 is 11.6 Å². The van der Waals surface area contributed by atoms with E-state index >= 15 is 0 Å². The van der Waals surface area contributed by atoms with Crippen molar-refractivity contribution in [3.05, 3.63) is 28.8 Å². The molecule has 16 heavy (non-hydrogen) atoms. The Kier molecular flexibility index (Phi) is 5.60. The number of benzene rings is 1. The van der Waals surface area contributed by atoms with Gasteiger partial charge < -0.3 is 4.74 Å². The minimum Gasteiger partial charge on any atom is -0.494 e. The van der Waals surface area contributed by atoms with Crippen LogP contribution in [-0.2, 0) is 0 Å². The second kappa shape index (κ2) is 6.74. The quantitative estimate of drug-likeness (QED) is 0.596. The largest absolute Gasteiger partial charge is 0.494 e. The molecular weight excluding hydrogens is 224 g/mol. The summed E-state index contributed by atoms with van der Waals surface area (Å²) in [6, 6.07) is 5.74. The van der Waals surface area contributed by atoms with E-state index in [0.29, 0.717) is 12.5 Å². The average molecular weight is 243 g/mol. The Hall–Kier alpha value is -0.770. The van der Waals surface area contributed by atoms with Gasteiger partial charge in [0.15, 0.2) is 0 Å². The van der Waals surface area contributed by atoms with Crippen LogP contribution >= 0.6 is 11.6 Å². The third-order valence-electron chi connectivity index (χ3n) is 2.52. The van der Waals surface area contributed by atoms with E-state index in [4.69, 9.17) is 22.2 Å². The Balaban J connectivity index is 2.85. The monoisotopic (exact) mass is 242 g/mol. The lowest BCUT2D eigenvalue weighted by atomic mass is 9.97. The number of ether oxygens (including phenoxy) is 1. The third kappa shape index (κ3) is 3.67. The van der Waals surface area contributed by atoms with Crippen LogP contribution in [0.5, 0.6) is 5.75 Å². The lowest BCUT2D eigenvalue weighted by molar-refractivity contribution is 0.334. The first-order valence-corrected chi connectivity index (χ1v) is 5.92. The molecule has 0 saturated carbocycles. The Morgan fingerprint density at radius 3 is 2.88 bits per heavy atom. The molecule has 0 radical (unpaired) electrons. The molecule has 0 aromatic heterocycles. The topological polar surface area (TPSA) is 47.3 Å². The van der Waals surface area contributed by atoms with E-state index in [2.05, 4.69) is 12.3 Å². The summed E-state index contributed by atoms with van der Waals surface area (Å²) in [6.07, 6.45) is 0.955. The van der Waals surface area contributed by atoms with Gasteiger partial charge in [0.1, 0.15) is 5.75 Å². The molecule has 0 aliphatic heterocycles. The van der Waals surface area contributed by atoms with Gasteiger partial charge in [0.2, 0.25) is 0 Å². The summed E-state index contributed by atoms with van der Waals surface area (Å²) < 4.78 is 5.58. The van der Waals surface area contributed by atoms with Gasteiger partial charge in [-0.2, -0.15) is 0 Å². The Morgan fingerprint density at radius 1 is 1.50 bits per heavy atom. The van der Waals surface area contributed by atoms with Gasteiger partial charge in [-0.3, -0.25) is 11.3 Å². The molecule has 1 aromatic carbocycles. The molecule has 0 fully saturated rings. The average Bonchev–Trinajstić information content (AvgIpc) is 2.28. The number of hydrogen-bond donors (Lipinski definition) is 2. The molecule has 0 spiro atoms. The predicted octanol–water partition coefficient (Wildman–Crippen LogP) is 2.70. The molecule has 1 aromatic rings. The van der Waals surface area contributed by atoms with Gasteiger partial charge in [-0.1, -0.05) is 18.5 Å². The first-order chi connectivity index (χ1) is 7.69. The SMILES string of the molecule is CCOc1ccc(Cl)cc1[C@@H](C)CCNN. The second-order valence-electron chi connectivity index (χ2n) is 3.76. The maximum Gasteiger partial charge on any atom is 0.122 e. The van der Waals surface area contributed by atoms with Gasteiger partial charge in [0.05, 0.1) is 6.61 Å². The van der Waals surface area contributed by atoms with Crippen molar-refractivity contribution in [3.8, 4) is 5.75 Å². The number of hydrogen-bond acceptors (Lipinski definition) is 3. The summed E-state index contributed by atoms with van der Waals surface area (Å²) in [5.41, 5.74) is 3.80. The van der Waals surface area contributed by atoms with Crippen molar-refractivity contribution in [2.75, 3.05) is 13.2 Å². The van der Waals surface area contributed by atoms with Gasteiger partial charge in [0.25, 0.3) is 0 Å². The van der Waals surface area contributed by atoms with Gasteiger partial charge in [0, 0.05) is 11.6 Å². The summed E-state index contributed by atoms with van der Waals surface area (Å²) in [4.78, 5) is 0. The smallest absolute Gasteiger partial charge is 0.122 e. The minimum absolute atomic E-state index is 0.372. The van der Waals surface area contributed by atoms with Crippen LogP contribution in [0.4, 0.5) is 0 Å². The van der Waals surface area contributed by atoms with E-state index in [-0.39, 0.29) is 0 Å². The molecule has 0 heterocycles. The molecule has 1 rings (SSSR count). The molecular formula is C12H19ClN2O. The van der Waals surface area contributed by atoms with E-state index in [1.807, 2.05) is 25.1 Å². The lowest BCUT2D eigenvalue weighted by Crippen LogP contribution is -2.24. The summed E-state index contributed by atoms with van der Waals surface area (Å²) in [5.74, 6) is 6.56. The van der Waals surface area contributed by atoms with E-state index in [9.17, 15) is 0 Å². The van der Waals surface area contributed by atoms with Crippen LogP contribution in [0.2, 0.25) is 5.02 Å². The Labute approximate surface area is 102 Å². The predicted molar refractivity (Wildman–Crippen MR) is 67.8 cm³/mol. The van der Waals surface area contributed by atoms with Crippen LogP contribution in [-0.4, -0.2) is 13.2 Å². The zero-order chi connectivity index (χ0) is 12.0. The highest BCUT2D eigenvalue weighted by atomic mass is 35.5. The highest BCUT2D eigenvalue weighted by Gasteiger charge is 2.11. The summed E-state index contributed by atoms with van der Waals surface area (Å²) in [7, 11) is 0. The fraction of sp³-hybridized carbons (Fsp3) is 0.500. The number of nitrogens with two attached hydrogens (primary N) is 1. The van der Waals surface area contributed by atoms with E-state index < -0.39 is 0 Å². The van der Waals surface area contributed by atoms with Crippen LogP contribution < -0.4 is 16.0 Å². The van der Waals surface area contributed by atoms with Crippen molar-refractivity contribution in [3.63, 3.8) is 0 Å². The van der Waals surface area contributed by atoms with Crippen molar-refractivity contribution in [2.24, 2.45) is 5.84 Å². The lowest BCUT2D eigenvalue weighted by Gasteiger charge is -2.16. The maximum absolute atomic E-state index is 6.00. The molecule has 3 nitrogen and oxygen atoms in total. The fourth-order valence-corrected chi connectivity index (χ4v) is 1.83. The molecule has 0 aliphatic carbocycles.